The molecule has 1 unspecified atom stereocenters. The van der Waals surface area contributed by atoms with Crippen LogP contribution in [0.3, 0.4) is 0 Å². The number of hydrogen-bond acceptors (Lipinski definition) is 6. The van der Waals surface area contributed by atoms with Gasteiger partial charge in [-0.1, -0.05) is 44.9 Å². The minimum atomic E-state index is -0.0361. The highest BCUT2D eigenvalue weighted by Crippen LogP contribution is 2.31. The lowest BCUT2D eigenvalue weighted by Crippen LogP contribution is -2.23. The first-order chi connectivity index (χ1) is 14.5. The lowest BCUT2D eigenvalue weighted by molar-refractivity contribution is -0.113. The van der Waals surface area contributed by atoms with E-state index in [-0.39, 0.29) is 11.9 Å². The molecule has 2 heterocycles. The molecule has 1 saturated carbocycles. The van der Waals surface area contributed by atoms with Gasteiger partial charge in [-0.05, 0) is 39.8 Å². The maximum atomic E-state index is 12.6. The first kappa shape index (κ1) is 22.8. The average molecular weight is 434 g/mol. The molecule has 2 aromatic heterocycles. The number of thioether (sulfide) groups is 1. The topological polar surface area (TPSA) is 80.9 Å². The Labute approximate surface area is 183 Å². The van der Waals surface area contributed by atoms with Crippen molar-refractivity contribution < 1.29 is 4.79 Å². The lowest BCUT2D eigenvalue weighted by atomic mass is 10.2. The zero-order chi connectivity index (χ0) is 21.5. The second-order valence-corrected chi connectivity index (χ2v) is 9.11. The van der Waals surface area contributed by atoms with Crippen molar-refractivity contribution in [3.05, 3.63) is 18.1 Å². The highest BCUT2D eigenvalue weighted by atomic mass is 32.2. The van der Waals surface area contributed by atoms with Crippen LogP contribution in [0, 0.1) is 0 Å². The van der Waals surface area contributed by atoms with Crippen molar-refractivity contribution in [3.63, 3.8) is 0 Å². The molecule has 1 atom stereocenters. The van der Waals surface area contributed by atoms with Gasteiger partial charge in [-0.2, -0.15) is 5.10 Å². The number of carbonyl (C=O) groups excluding carboxylic acids is 1. The summed E-state index contributed by atoms with van der Waals surface area (Å²) in [6.07, 6.45) is 9.63. The van der Waals surface area contributed by atoms with Gasteiger partial charge in [0.25, 0.3) is 0 Å². The Morgan fingerprint density at radius 3 is 2.73 bits per heavy atom. The summed E-state index contributed by atoms with van der Waals surface area (Å²) >= 11 is 1.46. The molecule has 166 valence electrons. The van der Waals surface area contributed by atoms with E-state index in [1.807, 2.05) is 10.7 Å². The van der Waals surface area contributed by atoms with Crippen LogP contribution in [-0.2, 0) is 11.3 Å². The van der Waals surface area contributed by atoms with E-state index in [1.54, 1.807) is 6.20 Å². The largest absolute Gasteiger partial charge is 0.310 e. The number of hydrogen-bond donors (Lipinski definition) is 1. The zero-order valence-electron chi connectivity index (χ0n) is 18.7. The van der Waals surface area contributed by atoms with Crippen LogP contribution in [0.25, 0.3) is 0 Å². The molecule has 1 fully saturated rings. The molecule has 0 aromatic carbocycles. The SMILES string of the molecule is CCCCn1c(SCC(=O)Nc2ccnn2C2CCCC2)nnc1C(CC)N(C)C. The van der Waals surface area contributed by atoms with Crippen molar-refractivity contribution in [1.82, 2.24) is 29.4 Å². The summed E-state index contributed by atoms with van der Waals surface area (Å²) in [6.45, 7) is 5.22. The molecule has 0 saturated heterocycles. The predicted molar refractivity (Wildman–Crippen MR) is 121 cm³/mol. The fraction of sp³-hybridized carbons (Fsp3) is 0.714. The summed E-state index contributed by atoms with van der Waals surface area (Å²) in [5.41, 5.74) is 0. The highest BCUT2D eigenvalue weighted by Gasteiger charge is 2.23. The molecule has 0 aliphatic heterocycles. The van der Waals surface area contributed by atoms with Crippen LogP contribution in [0.5, 0.6) is 0 Å². The number of unbranched alkanes of at least 4 members (excludes halogenated alkanes) is 1. The van der Waals surface area contributed by atoms with Gasteiger partial charge in [-0.3, -0.25) is 9.69 Å². The minimum Gasteiger partial charge on any atom is -0.310 e. The van der Waals surface area contributed by atoms with E-state index in [0.29, 0.717) is 11.8 Å². The minimum absolute atomic E-state index is 0.0361. The Balaban J connectivity index is 1.65. The smallest absolute Gasteiger partial charge is 0.235 e. The number of nitrogens with one attached hydrogen (secondary N) is 1. The van der Waals surface area contributed by atoms with Gasteiger partial charge in [0.1, 0.15) is 5.82 Å². The van der Waals surface area contributed by atoms with Gasteiger partial charge in [-0.15, -0.1) is 10.2 Å². The predicted octanol–water partition coefficient (Wildman–Crippen LogP) is 4.13. The number of anilines is 1. The van der Waals surface area contributed by atoms with Crippen molar-refractivity contribution in [3.8, 4) is 0 Å². The molecule has 0 radical (unpaired) electrons. The van der Waals surface area contributed by atoms with Crippen LogP contribution in [0.4, 0.5) is 5.82 Å². The summed E-state index contributed by atoms with van der Waals surface area (Å²) in [5.74, 6) is 2.04. The third kappa shape index (κ3) is 5.43. The molecule has 1 aliphatic rings. The third-order valence-corrected chi connectivity index (χ3v) is 6.70. The first-order valence-electron chi connectivity index (χ1n) is 11.1. The maximum Gasteiger partial charge on any atom is 0.235 e. The molecule has 1 aliphatic carbocycles. The van der Waals surface area contributed by atoms with Crippen LogP contribution < -0.4 is 5.32 Å². The van der Waals surface area contributed by atoms with Gasteiger partial charge in [0.15, 0.2) is 11.0 Å². The summed E-state index contributed by atoms with van der Waals surface area (Å²) < 4.78 is 4.17. The number of amides is 1. The van der Waals surface area contributed by atoms with Crippen LogP contribution >= 0.6 is 11.8 Å². The van der Waals surface area contributed by atoms with Crippen molar-refractivity contribution in [2.45, 2.75) is 82.6 Å². The summed E-state index contributed by atoms with van der Waals surface area (Å²) in [5, 5.41) is 17.2. The fourth-order valence-corrected chi connectivity index (χ4v) is 4.89. The molecule has 0 bridgehead atoms. The highest BCUT2D eigenvalue weighted by molar-refractivity contribution is 7.99. The van der Waals surface area contributed by atoms with E-state index >= 15 is 0 Å². The molecule has 1 amide bonds. The van der Waals surface area contributed by atoms with E-state index in [0.717, 1.165) is 55.4 Å². The maximum absolute atomic E-state index is 12.6. The summed E-state index contributed by atoms with van der Waals surface area (Å²) in [6, 6.07) is 2.50. The van der Waals surface area contributed by atoms with E-state index in [9.17, 15) is 4.79 Å². The van der Waals surface area contributed by atoms with E-state index in [2.05, 4.69) is 58.0 Å². The monoisotopic (exact) mass is 433 g/mol. The standard InChI is InChI=1S/C21H35N7OS/c1-5-7-14-27-20(17(6-2)26(3)4)24-25-21(27)30-15-19(29)23-18-12-13-22-28(18)16-10-8-9-11-16/h12-13,16-17H,5-11,14-15H2,1-4H3,(H,23,29). The molecule has 9 heteroatoms. The summed E-state index contributed by atoms with van der Waals surface area (Å²) in [7, 11) is 4.14. The van der Waals surface area contributed by atoms with Gasteiger partial charge in [0.05, 0.1) is 24.0 Å². The average Bonchev–Trinajstić information content (AvgIpc) is 3.46. The molecule has 3 rings (SSSR count). The fourth-order valence-electron chi connectivity index (χ4n) is 4.12. The van der Waals surface area contributed by atoms with E-state index in [1.165, 1.54) is 24.6 Å². The summed E-state index contributed by atoms with van der Waals surface area (Å²) in [4.78, 5) is 14.8. The van der Waals surface area contributed by atoms with Gasteiger partial charge in [-0.25, -0.2) is 4.68 Å². The Kier molecular flexibility index (Phi) is 8.32. The number of carbonyl (C=O) groups is 1. The van der Waals surface area contributed by atoms with Crippen molar-refractivity contribution >= 4 is 23.5 Å². The van der Waals surface area contributed by atoms with E-state index in [4.69, 9.17) is 0 Å². The second kappa shape index (κ2) is 10.9. The number of rotatable bonds is 11. The Bertz CT molecular complexity index is 810. The molecule has 1 N–H and O–H groups in total. The molecule has 8 nitrogen and oxygen atoms in total. The Morgan fingerprint density at radius 1 is 1.30 bits per heavy atom. The van der Waals surface area contributed by atoms with Crippen molar-refractivity contribution in [2.75, 3.05) is 25.2 Å². The van der Waals surface area contributed by atoms with Crippen molar-refractivity contribution in [1.29, 1.82) is 0 Å². The third-order valence-electron chi connectivity index (χ3n) is 5.73. The number of nitrogens with zero attached hydrogens (tertiary/aromatic N) is 6. The van der Waals surface area contributed by atoms with E-state index < -0.39 is 0 Å². The Morgan fingerprint density at radius 2 is 2.07 bits per heavy atom. The molecular weight excluding hydrogens is 398 g/mol. The molecule has 30 heavy (non-hydrogen) atoms. The number of aromatic nitrogens is 5. The quantitative estimate of drug-likeness (QED) is 0.537. The molecular formula is C21H35N7OS. The second-order valence-electron chi connectivity index (χ2n) is 8.17. The van der Waals surface area contributed by atoms with Gasteiger partial charge in [0.2, 0.25) is 5.91 Å². The van der Waals surface area contributed by atoms with Crippen molar-refractivity contribution in [2.24, 2.45) is 0 Å². The van der Waals surface area contributed by atoms with Crippen LogP contribution in [0.2, 0.25) is 0 Å². The van der Waals surface area contributed by atoms with Gasteiger partial charge < -0.3 is 9.88 Å². The Hall–Kier alpha value is -1.87. The normalized spacial score (nSPS) is 15.8. The van der Waals surface area contributed by atoms with Gasteiger partial charge in [0, 0.05) is 12.6 Å². The zero-order valence-corrected chi connectivity index (χ0v) is 19.5. The van der Waals surface area contributed by atoms with Crippen LogP contribution in [-0.4, -0.2) is 55.2 Å². The first-order valence-corrected chi connectivity index (χ1v) is 12.1. The van der Waals surface area contributed by atoms with Gasteiger partial charge >= 0.3 is 0 Å². The van der Waals surface area contributed by atoms with Crippen LogP contribution in [0.1, 0.15) is 76.7 Å². The lowest BCUT2D eigenvalue weighted by Gasteiger charge is -2.23. The molecule has 0 spiro atoms. The molecule has 2 aromatic rings. The van der Waals surface area contributed by atoms with Crippen LogP contribution in [0.15, 0.2) is 17.4 Å².